The average molecular weight is 371 g/mol. The number of aromatic hydroxyl groups is 1. The minimum absolute atomic E-state index is 0.230. The predicted octanol–water partition coefficient (Wildman–Crippen LogP) is 3.70. The largest absolute Gasteiger partial charge is 0.506 e. The fraction of sp³-hybridized carbons (Fsp3) is 0.200. The maximum absolute atomic E-state index is 12.8. The molecule has 0 spiro atoms. The van der Waals surface area contributed by atoms with Crippen LogP contribution in [0.25, 0.3) is 10.9 Å². The number of fused-ring (bicyclic) bond motifs is 1. The molecule has 3 rings (SSSR count). The molecule has 134 valence electrons. The van der Waals surface area contributed by atoms with Crippen LogP contribution in [0.2, 0.25) is 5.02 Å². The van der Waals surface area contributed by atoms with Gasteiger partial charge in [0.05, 0.1) is 5.52 Å². The fourth-order valence-corrected chi connectivity index (χ4v) is 3.04. The highest BCUT2D eigenvalue weighted by Crippen LogP contribution is 2.26. The summed E-state index contributed by atoms with van der Waals surface area (Å²) in [5, 5.41) is 14.3. The number of nitrogens with one attached hydrogen (secondary N) is 1. The molecule has 0 atom stereocenters. The summed E-state index contributed by atoms with van der Waals surface area (Å²) in [6, 6.07) is 14.1. The molecule has 3 aromatic rings. The third-order valence-corrected chi connectivity index (χ3v) is 4.44. The summed E-state index contributed by atoms with van der Waals surface area (Å²) in [7, 11) is 0. The number of nitrogens with zero attached hydrogens (tertiary/aromatic N) is 1. The van der Waals surface area contributed by atoms with Gasteiger partial charge in [0.1, 0.15) is 11.3 Å². The quantitative estimate of drug-likeness (QED) is 0.719. The van der Waals surface area contributed by atoms with Gasteiger partial charge in [-0.2, -0.15) is 0 Å². The highest BCUT2D eigenvalue weighted by molar-refractivity contribution is 6.30. The number of carbonyl (C=O) groups is 1. The Hall–Kier alpha value is -2.79. The molecule has 0 bridgehead atoms. The molecule has 0 saturated heterocycles. The first-order chi connectivity index (χ1) is 12.5. The number of hydrogen-bond acceptors (Lipinski definition) is 3. The third-order valence-electron chi connectivity index (χ3n) is 4.19. The average Bonchev–Trinajstić information content (AvgIpc) is 2.65. The maximum Gasteiger partial charge on any atom is 0.267 e. The summed E-state index contributed by atoms with van der Waals surface area (Å²) in [6.07, 6.45) is 0.737. The van der Waals surface area contributed by atoms with Gasteiger partial charge in [-0.3, -0.25) is 9.59 Å². The van der Waals surface area contributed by atoms with Gasteiger partial charge in [-0.05, 0) is 36.2 Å². The summed E-state index contributed by atoms with van der Waals surface area (Å²) < 4.78 is 1.53. The van der Waals surface area contributed by atoms with Crippen LogP contribution in [0.15, 0.2) is 53.3 Å². The van der Waals surface area contributed by atoms with E-state index in [4.69, 9.17) is 11.6 Å². The van der Waals surface area contributed by atoms with Gasteiger partial charge in [0.15, 0.2) is 0 Å². The monoisotopic (exact) mass is 370 g/mol. The van der Waals surface area contributed by atoms with Crippen LogP contribution in [0.1, 0.15) is 29.3 Å². The summed E-state index contributed by atoms with van der Waals surface area (Å²) in [6.45, 7) is 2.65. The second-order valence-electron chi connectivity index (χ2n) is 6.01. The van der Waals surface area contributed by atoms with Gasteiger partial charge in [0.2, 0.25) is 0 Å². The topological polar surface area (TPSA) is 71.3 Å². The number of aromatic nitrogens is 1. The van der Waals surface area contributed by atoms with Crippen molar-refractivity contribution in [2.45, 2.75) is 26.4 Å². The molecule has 5 nitrogen and oxygen atoms in total. The standard InChI is InChI=1S/C20H19ClN2O3/c1-2-11-23-16-6-4-3-5-15(16)18(24)17(20(23)26)19(25)22-12-13-7-9-14(21)10-8-13/h3-10,24H,2,11-12H2,1H3,(H,22,25). The normalized spacial score (nSPS) is 10.8. The molecular weight excluding hydrogens is 352 g/mol. The smallest absolute Gasteiger partial charge is 0.267 e. The van der Waals surface area contributed by atoms with Gasteiger partial charge in [-0.25, -0.2) is 0 Å². The Bertz CT molecular complexity index is 1010. The Morgan fingerprint density at radius 3 is 2.54 bits per heavy atom. The van der Waals surface area contributed by atoms with Crippen LogP contribution in [-0.4, -0.2) is 15.6 Å². The highest BCUT2D eigenvalue weighted by atomic mass is 35.5. The number of amides is 1. The molecule has 0 unspecified atom stereocenters. The van der Waals surface area contributed by atoms with Crippen LogP contribution < -0.4 is 10.9 Å². The number of benzene rings is 2. The highest BCUT2D eigenvalue weighted by Gasteiger charge is 2.21. The first kappa shape index (κ1) is 18.0. The van der Waals surface area contributed by atoms with Crippen molar-refractivity contribution in [3.8, 4) is 5.75 Å². The minimum Gasteiger partial charge on any atom is -0.506 e. The number of carbonyl (C=O) groups excluding carboxylic acids is 1. The van der Waals surface area contributed by atoms with Gasteiger partial charge >= 0.3 is 0 Å². The van der Waals surface area contributed by atoms with Crippen molar-refractivity contribution in [3.05, 3.63) is 75.0 Å². The number of halogens is 1. The first-order valence-corrected chi connectivity index (χ1v) is 8.78. The lowest BCUT2D eigenvalue weighted by atomic mass is 10.1. The molecule has 0 aliphatic heterocycles. The Morgan fingerprint density at radius 1 is 1.15 bits per heavy atom. The van der Waals surface area contributed by atoms with Gasteiger partial charge < -0.3 is 15.0 Å². The van der Waals surface area contributed by atoms with E-state index in [2.05, 4.69) is 5.32 Å². The molecular formula is C20H19ClN2O3. The van der Waals surface area contributed by atoms with Crippen molar-refractivity contribution in [1.82, 2.24) is 9.88 Å². The Labute approximate surface area is 155 Å². The molecule has 26 heavy (non-hydrogen) atoms. The molecule has 0 fully saturated rings. The second kappa shape index (κ2) is 7.62. The van der Waals surface area contributed by atoms with Gasteiger partial charge in [0.25, 0.3) is 11.5 Å². The summed E-state index contributed by atoms with van der Waals surface area (Å²) >= 11 is 5.85. The Balaban J connectivity index is 1.99. The van der Waals surface area contributed by atoms with Crippen molar-refractivity contribution in [2.75, 3.05) is 0 Å². The van der Waals surface area contributed by atoms with Gasteiger partial charge in [-0.1, -0.05) is 42.8 Å². The van der Waals surface area contributed by atoms with E-state index in [1.807, 2.05) is 6.92 Å². The molecule has 0 radical (unpaired) electrons. The zero-order valence-electron chi connectivity index (χ0n) is 14.3. The van der Waals surface area contributed by atoms with Crippen LogP contribution in [-0.2, 0) is 13.1 Å². The number of rotatable bonds is 5. The van der Waals surface area contributed by atoms with Crippen LogP contribution in [0.4, 0.5) is 0 Å². The SMILES string of the molecule is CCCn1c(=O)c(C(=O)NCc2ccc(Cl)cc2)c(O)c2ccccc21. The lowest BCUT2D eigenvalue weighted by Gasteiger charge is -2.14. The molecule has 6 heteroatoms. The van der Waals surface area contributed by atoms with E-state index in [9.17, 15) is 14.7 Å². The van der Waals surface area contributed by atoms with E-state index in [0.29, 0.717) is 22.5 Å². The number of hydrogen-bond donors (Lipinski definition) is 2. The van der Waals surface area contributed by atoms with E-state index in [1.54, 1.807) is 48.5 Å². The molecule has 0 saturated carbocycles. The van der Waals surface area contributed by atoms with Crippen LogP contribution in [0, 0.1) is 0 Å². The molecule has 1 amide bonds. The molecule has 0 aliphatic rings. The number of pyridine rings is 1. The molecule has 1 aromatic heterocycles. The maximum atomic E-state index is 12.8. The molecule has 0 aliphatic carbocycles. The summed E-state index contributed by atoms with van der Waals surface area (Å²) in [5.41, 5.74) is 0.741. The van der Waals surface area contributed by atoms with E-state index in [0.717, 1.165) is 12.0 Å². The predicted molar refractivity (Wildman–Crippen MR) is 103 cm³/mol. The second-order valence-corrected chi connectivity index (χ2v) is 6.44. The number of para-hydroxylation sites is 1. The summed E-state index contributed by atoms with van der Waals surface area (Å²) in [5.74, 6) is -0.885. The zero-order chi connectivity index (χ0) is 18.7. The van der Waals surface area contributed by atoms with E-state index in [1.165, 1.54) is 4.57 Å². The molecule has 2 N–H and O–H groups in total. The van der Waals surface area contributed by atoms with Crippen molar-refractivity contribution in [2.24, 2.45) is 0 Å². The van der Waals surface area contributed by atoms with Crippen molar-refractivity contribution in [3.63, 3.8) is 0 Å². The van der Waals surface area contributed by atoms with Crippen molar-refractivity contribution in [1.29, 1.82) is 0 Å². The zero-order valence-corrected chi connectivity index (χ0v) is 15.1. The first-order valence-electron chi connectivity index (χ1n) is 8.40. The van der Waals surface area contributed by atoms with E-state index >= 15 is 0 Å². The summed E-state index contributed by atoms with van der Waals surface area (Å²) in [4.78, 5) is 25.4. The molecule has 1 heterocycles. The molecule has 2 aromatic carbocycles. The Kier molecular flexibility index (Phi) is 5.28. The van der Waals surface area contributed by atoms with Gasteiger partial charge in [0, 0.05) is 23.5 Å². The van der Waals surface area contributed by atoms with Crippen LogP contribution >= 0.6 is 11.6 Å². The van der Waals surface area contributed by atoms with Gasteiger partial charge in [-0.15, -0.1) is 0 Å². The van der Waals surface area contributed by atoms with Crippen LogP contribution in [0.3, 0.4) is 0 Å². The minimum atomic E-state index is -0.599. The van der Waals surface area contributed by atoms with Crippen LogP contribution in [0.5, 0.6) is 5.75 Å². The fourth-order valence-electron chi connectivity index (χ4n) is 2.91. The lowest BCUT2D eigenvalue weighted by molar-refractivity contribution is 0.0946. The third kappa shape index (κ3) is 3.44. The van der Waals surface area contributed by atoms with E-state index in [-0.39, 0.29) is 17.9 Å². The van der Waals surface area contributed by atoms with Crippen molar-refractivity contribution < 1.29 is 9.90 Å². The lowest BCUT2D eigenvalue weighted by Crippen LogP contribution is -2.33. The van der Waals surface area contributed by atoms with Crippen molar-refractivity contribution >= 4 is 28.4 Å². The number of aryl methyl sites for hydroxylation is 1. The Morgan fingerprint density at radius 2 is 1.85 bits per heavy atom. The van der Waals surface area contributed by atoms with E-state index < -0.39 is 11.5 Å².